The van der Waals surface area contributed by atoms with Crippen molar-refractivity contribution in [2.24, 2.45) is 13.0 Å². The molecular weight excluding hydrogens is 335 g/mol. The molecule has 0 aliphatic heterocycles. The normalized spacial score (nSPS) is 17.0. The summed E-state index contributed by atoms with van der Waals surface area (Å²) in [7, 11) is 1.72. The topological polar surface area (TPSA) is 64.7 Å². The van der Waals surface area contributed by atoms with Gasteiger partial charge in [-0.05, 0) is 18.4 Å². The summed E-state index contributed by atoms with van der Waals surface area (Å²) in [5.74, 6) is 0.285. The zero-order valence-corrected chi connectivity index (χ0v) is 13.8. The van der Waals surface area contributed by atoms with Gasteiger partial charge in [0.15, 0.2) is 11.5 Å². The van der Waals surface area contributed by atoms with E-state index in [4.69, 9.17) is 0 Å². The van der Waals surface area contributed by atoms with Gasteiger partial charge in [0.05, 0.1) is 0 Å². The molecule has 136 valence electrons. The van der Waals surface area contributed by atoms with E-state index in [1.165, 1.54) is 10.9 Å². The zero-order chi connectivity index (χ0) is 18.0. The number of aromatic nitrogens is 4. The van der Waals surface area contributed by atoms with Gasteiger partial charge in [0.2, 0.25) is 5.91 Å². The summed E-state index contributed by atoms with van der Waals surface area (Å²) in [6, 6.07) is 1.74. The van der Waals surface area contributed by atoms with E-state index in [0.29, 0.717) is 18.2 Å². The molecule has 2 heterocycles. The first-order valence-electron chi connectivity index (χ1n) is 8.26. The number of nitrogens with zero attached hydrogens (tertiary/aromatic N) is 4. The van der Waals surface area contributed by atoms with Gasteiger partial charge in [-0.1, -0.05) is 25.7 Å². The van der Waals surface area contributed by atoms with Gasteiger partial charge in [-0.25, -0.2) is 0 Å². The lowest BCUT2D eigenvalue weighted by Crippen LogP contribution is -2.28. The second-order valence-electron chi connectivity index (χ2n) is 6.44. The predicted molar refractivity (Wildman–Crippen MR) is 84.7 cm³/mol. The summed E-state index contributed by atoms with van der Waals surface area (Å²) in [6.07, 6.45) is 3.00. The molecule has 1 saturated carbocycles. The Morgan fingerprint density at radius 3 is 2.56 bits per heavy atom. The summed E-state index contributed by atoms with van der Waals surface area (Å²) in [5.41, 5.74) is -0.991. The average Bonchev–Trinajstić information content (AvgIpc) is 3.25. The lowest BCUT2D eigenvalue weighted by atomic mass is 9.98. The molecule has 1 fully saturated rings. The molecule has 2 aromatic heterocycles. The second kappa shape index (κ2) is 6.89. The van der Waals surface area contributed by atoms with Crippen LogP contribution in [0.3, 0.4) is 0 Å². The molecule has 0 radical (unpaired) electrons. The van der Waals surface area contributed by atoms with Gasteiger partial charge < -0.3 is 5.32 Å². The van der Waals surface area contributed by atoms with Gasteiger partial charge in [0.1, 0.15) is 6.04 Å². The van der Waals surface area contributed by atoms with E-state index in [1.54, 1.807) is 19.3 Å². The molecule has 3 rings (SSSR count). The summed E-state index contributed by atoms with van der Waals surface area (Å²) in [4.78, 5) is 12.7. The molecule has 1 atom stereocenters. The molecule has 9 heteroatoms. The number of nitrogens with one attached hydrogen (secondary N) is 1. The largest absolute Gasteiger partial charge is 0.435 e. The molecule has 1 aliphatic rings. The molecule has 2 aromatic rings. The molecule has 1 N–H and O–H groups in total. The van der Waals surface area contributed by atoms with E-state index in [9.17, 15) is 18.0 Å². The number of hydrogen-bond donors (Lipinski definition) is 1. The van der Waals surface area contributed by atoms with Gasteiger partial charge in [0.25, 0.3) is 0 Å². The van der Waals surface area contributed by atoms with Crippen molar-refractivity contribution < 1.29 is 18.0 Å². The van der Waals surface area contributed by atoms with Crippen molar-refractivity contribution in [2.45, 2.75) is 44.3 Å². The van der Waals surface area contributed by atoms with Crippen LogP contribution in [0, 0.1) is 5.92 Å². The smallest absolute Gasteiger partial charge is 0.307 e. The fourth-order valence-electron chi connectivity index (χ4n) is 3.25. The standard InChI is InChI=1S/C16H20F3N5O/c1-23-8-7-14(22-23)20-15(25)12(10-11-4-2-3-5-11)24-9-6-13(21-24)16(17,18)19/h6-9,11-12H,2-5,10H2,1H3,(H,20,22,25). The van der Waals surface area contributed by atoms with E-state index < -0.39 is 23.8 Å². The van der Waals surface area contributed by atoms with Crippen molar-refractivity contribution >= 4 is 11.7 Å². The van der Waals surface area contributed by atoms with Crippen LogP contribution in [0.4, 0.5) is 19.0 Å². The fourth-order valence-corrected chi connectivity index (χ4v) is 3.25. The summed E-state index contributed by atoms with van der Waals surface area (Å²) < 4.78 is 41.2. The highest BCUT2D eigenvalue weighted by Crippen LogP contribution is 2.33. The van der Waals surface area contributed by atoms with E-state index in [1.807, 2.05) is 0 Å². The summed E-state index contributed by atoms with van der Waals surface area (Å²) in [5, 5.41) is 10.3. The minimum Gasteiger partial charge on any atom is -0.307 e. The number of amides is 1. The zero-order valence-electron chi connectivity index (χ0n) is 13.8. The number of aryl methyl sites for hydroxylation is 1. The Bertz CT molecular complexity index is 730. The van der Waals surface area contributed by atoms with Gasteiger partial charge in [0, 0.05) is 25.5 Å². The Hall–Kier alpha value is -2.32. The molecule has 0 spiro atoms. The highest BCUT2D eigenvalue weighted by Gasteiger charge is 2.35. The van der Waals surface area contributed by atoms with Crippen LogP contribution in [0.2, 0.25) is 0 Å². The maximum absolute atomic E-state index is 12.8. The first-order valence-corrected chi connectivity index (χ1v) is 8.26. The lowest BCUT2D eigenvalue weighted by molar-refractivity contribution is -0.142. The lowest BCUT2D eigenvalue weighted by Gasteiger charge is -2.20. The monoisotopic (exact) mass is 355 g/mol. The first-order chi connectivity index (χ1) is 11.8. The predicted octanol–water partition coefficient (Wildman–Crippen LogP) is 3.40. The number of rotatable bonds is 5. The van der Waals surface area contributed by atoms with Crippen molar-refractivity contribution in [1.82, 2.24) is 19.6 Å². The third kappa shape index (κ3) is 4.21. The number of carbonyl (C=O) groups excluding carboxylic acids is 1. The molecule has 25 heavy (non-hydrogen) atoms. The SMILES string of the molecule is Cn1ccc(NC(=O)C(CC2CCCC2)n2ccc(C(F)(F)F)n2)n1. The first kappa shape index (κ1) is 17.5. The Labute approximate surface area is 143 Å². The highest BCUT2D eigenvalue weighted by atomic mass is 19.4. The van der Waals surface area contributed by atoms with Gasteiger partial charge >= 0.3 is 6.18 Å². The van der Waals surface area contributed by atoms with Crippen LogP contribution in [-0.2, 0) is 18.0 Å². The third-order valence-corrected chi connectivity index (χ3v) is 4.52. The Kier molecular flexibility index (Phi) is 4.82. The second-order valence-corrected chi connectivity index (χ2v) is 6.44. The van der Waals surface area contributed by atoms with Gasteiger partial charge in [-0.15, -0.1) is 0 Å². The Balaban J connectivity index is 1.80. The van der Waals surface area contributed by atoms with E-state index in [-0.39, 0.29) is 0 Å². The number of hydrogen-bond acceptors (Lipinski definition) is 3. The van der Waals surface area contributed by atoms with E-state index in [2.05, 4.69) is 15.5 Å². The van der Waals surface area contributed by atoms with Crippen LogP contribution in [0.15, 0.2) is 24.5 Å². The van der Waals surface area contributed by atoms with Crippen molar-refractivity contribution in [2.75, 3.05) is 5.32 Å². The minimum absolute atomic E-state index is 0.318. The van der Waals surface area contributed by atoms with E-state index >= 15 is 0 Å². The molecule has 0 bridgehead atoms. The molecule has 1 amide bonds. The Morgan fingerprint density at radius 2 is 2.00 bits per heavy atom. The summed E-state index contributed by atoms with van der Waals surface area (Å²) in [6.45, 7) is 0. The Morgan fingerprint density at radius 1 is 1.28 bits per heavy atom. The molecule has 0 saturated heterocycles. The number of alkyl halides is 3. The number of carbonyl (C=O) groups is 1. The van der Waals surface area contributed by atoms with Crippen LogP contribution < -0.4 is 5.32 Å². The highest BCUT2D eigenvalue weighted by molar-refractivity contribution is 5.92. The van der Waals surface area contributed by atoms with Gasteiger partial charge in [-0.3, -0.25) is 14.2 Å². The van der Waals surface area contributed by atoms with E-state index in [0.717, 1.165) is 36.4 Å². The number of halogens is 3. The van der Waals surface area contributed by atoms with Crippen LogP contribution in [0.25, 0.3) is 0 Å². The average molecular weight is 355 g/mol. The maximum Gasteiger partial charge on any atom is 0.435 e. The van der Waals surface area contributed by atoms with Crippen molar-refractivity contribution in [3.63, 3.8) is 0 Å². The van der Waals surface area contributed by atoms with Gasteiger partial charge in [-0.2, -0.15) is 23.4 Å². The quantitative estimate of drug-likeness (QED) is 0.894. The van der Waals surface area contributed by atoms with Crippen LogP contribution >= 0.6 is 0 Å². The molecule has 1 aliphatic carbocycles. The maximum atomic E-state index is 12.8. The molecular formula is C16H20F3N5O. The van der Waals surface area contributed by atoms with Crippen molar-refractivity contribution in [1.29, 1.82) is 0 Å². The fraction of sp³-hybridized carbons (Fsp3) is 0.562. The minimum atomic E-state index is -4.53. The molecule has 0 aromatic carbocycles. The number of anilines is 1. The van der Waals surface area contributed by atoms with Crippen LogP contribution in [-0.4, -0.2) is 25.5 Å². The van der Waals surface area contributed by atoms with Crippen LogP contribution in [0.1, 0.15) is 43.8 Å². The molecule has 1 unspecified atom stereocenters. The van der Waals surface area contributed by atoms with Crippen molar-refractivity contribution in [3.8, 4) is 0 Å². The third-order valence-electron chi connectivity index (χ3n) is 4.52. The van der Waals surface area contributed by atoms with Crippen molar-refractivity contribution in [3.05, 3.63) is 30.2 Å². The van der Waals surface area contributed by atoms with Crippen LogP contribution in [0.5, 0.6) is 0 Å². The summed E-state index contributed by atoms with van der Waals surface area (Å²) >= 11 is 0. The molecule has 6 nitrogen and oxygen atoms in total.